The van der Waals surface area contributed by atoms with Crippen LogP contribution in [-0.2, 0) is 18.0 Å². The predicted molar refractivity (Wildman–Crippen MR) is 110 cm³/mol. The Balaban J connectivity index is 0.000000290. The van der Waals surface area contributed by atoms with Gasteiger partial charge in [-0.2, -0.15) is 0 Å². The Hall–Kier alpha value is -3.10. The molecule has 0 aromatic heterocycles. The van der Waals surface area contributed by atoms with Gasteiger partial charge < -0.3 is 9.84 Å². The van der Waals surface area contributed by atoms with Gasteiger partial charge in [-0.15, -0.1) is 0 Å². The molecule has 3 aromatic carbocycles. The Morgan fingerprint density at radius 1 is 0.654 bits per heavy atom. The minimum atomic E-state index is 0.322. The Bertz CT molecular complexity index is 771. The van der Waals surface area contributed by atoms with Gasteiger partial charge in [-0.05, 0) is 34.4 Å². The van der Waals surface area contributed by atoms with Gasteiger partial charge in [0.1, 0.15) is 5.75 Å². The summed E-state index contributed by atoms with van der Waals surface area (Å²) < 4.78 is 5.80. The highest BCUT2D eigenvalue weighted by atomic mass is 16.5. The normalized spacial score (nSPS) is 9.69. The first kappa shape index (κ1) is 19.2. The quantitative estimate of drug-likeness (QED) is 0.587. The van der Waals surface area contributed by atoms with Crippen LogP contribution in [-0.4, -0.2) is 5.11 Å². The lowest BCUT2D eigenvalue weighted by Gasteiger charge is -2.09. The van der Waals surface area contributed by atoms with E-state index >= 15 is 0 Å². The summed E-state index contributed by atoms with van der Waals surface area (Å²) in [5, 5.41) is 8.63. The standard InChI is InChI=1S/C18H18O.C6H6O/c1-3-15-9-5-7-11-17(15)13-19-14-18-12-8-6-10-16(18)4-2;7-6-4-2-1-3-5-6/h3-12H,1-2,13-14H2;1-5,7H. The van der Waals surface area contributed by atoms with Gasteiger partial charge in [-0.25, -0.2) is 0 Å². The van der Waals surface area contributed by atoms with E-state index in [4.69, 9.17) is 9.84 Å². The van der Waals surface area contributed by atoms with Crippen LogP contribution in [0.4, 0.5) is 0 Å². The van der Waals surface area contributed by atoms with Crippen LogP contribution in [0.5, 0.6) is 5.75 Å². The van der Waals surface area contributed by atoms with Crippen LogP contribution < -0.4 is 0 Å². The number of hydrogen-bond donors (Lipinski definition) is 1. The van der Waals surface area contributed by atoms with E-state index in [1.54, 1.807) is 24.3 Å². The van der Waals surface area contributed by atoms with E-state index in [1.165, 1.54) is 0 Å². The molecule has 0 spiro atoms. The van der Waals surface area contributed by atoms with E-state index in [0.717, 1.165) is 22.3 Å². The maximum Gasteiger partial charge on any atom is 0.115 e. The first-order valence-corrected chi connectivity index (χ1v) is 8.47. The average Bonchev–Trinajstić information content (AvgIpc) is 2.70. The fourth-order valence-electron chi connectivity index (χ4n) is 2.43. The Morgan fingerprint density at radius 2 is 1.08 bits per heavy atom. The molecule has 0 unspecified atom stereocenters. The minimum absolute atomic E-state index is 0.322. The molecule has 0 amide bonds. The molecule has 132 valence electrons. The minimum Gasteiger partial charge on any atom is -0.508 e. The monoisotopic (exact) mass is 344 g/mol. The van der Waals surface area contributed by atoms with Crippen molar-refractivity contribution in [3.05, 3.63) is 114 Å². The summed E-state index contributed by atoms with van der Waals surface area (Å²) in [5.74, 6) is 0.322. The van der Waals surface area contributed by atoms with Crippen LogP contribution in [0, 0.1) is 0 Å². The van der Waals surface area contributed by atoms with Crippen molar-refractivity contribution in [2.24, 2.45) is 0 Å². The van der Waals surface area contributed by atoms with Crippen molar-refractivity contribution in [3.8, 4) is 5.75 Å². The number of para-hydroxylation sites is 1. The van der Waals surface area contributed by atoms with Crippen molar-refractivity contribution in [1.82, 2.24) is 0 Å². The van der Waals surface area contributed by atoms with E-state index < -0.39 is 0 Å². The molecule has 0 bridgehead atoms. The van der Waals surface area contributed by atoms with Crippen LogP contribution in [0.25, 0.3) is 12.2 Å². The van der Waals surface area contributed by atoms with Gasteiger partial charge in [0.25, 0.3) is 0 Å². The predicted octanol–water partition coefficient (Wildman–Crippen LogP) is 6.08. The van der Waals surface area contributed by atoms with Crippen molar-refractivity contribution in [2.75, 3.05) is 0 Å². The van der Waals surface area contributed by atoms with E-state index in [9.17, 15) is 0 Å². The van der Waals surface area contributed by atoms with Gasteiger partial charge >= 0.3 is 0 Å². The SMILES string of the molecule is C=Cc1ccccc1COCc1ccccc1C=C.Oc1ccccc1. The summed E-state index contributed by atoms with van der Waals surface area (Å²) >= 11 is 0. The third-order valence-electron chi connectivity index (χ3n) is 3.82. The lowest BCUT2D eigenvalue weighted by Crippen LogP contribution is -1.97. The van der Waals surface area contributed by atoms with E-state index in [0.29, 0.717) is 19.0 Å². The molecule has 0 aliphatic heterocycles. The van der Waals surface area contributed by atoms with E-state index in [-0.39, 0.29) is 0 Å². The third kappa shape index (κ3) is 6.08. The molecule has 0 saturated carbocycles. The number of benzene rings is 3. The van der Waals surface area contributed by atoms with Crippen molar-refractivity contribution < 1.29 is 9.84 Å². The van der Waals surface area contributed by atoms with E-state index in [2.05, 4.69) is 25.3 Å². The van der Waals surface area contributed by atoms with Gasteiger partial charge in [0.2, 0.25) is 0 Å². The number of ether oxygens (including phenoxy) is 1. The number of phenolic OH excluding ortho intramolecular Hbond substituents is 1. The van der Waals surface area contributed by atoms with Gasteiger partial charge in [0.05, 0.1) is 13.2 Å². The first-order chi connectivity index (χ1) is 12.7. The van der Waals surface area contributed by atoms with Gasteiger partial charge in [-0.3, -0.25) is 0 Å². The molecule has 0 radical (unpaired) electrons. The Morgan fingerprint density at radius 3 is 1.46 bits per heavy atom. The summed E-state index contributed by atoms with van der Waals surface area (Å²) in [7, 11) is 0. The Labute approximate surface area is 155 Å². The molecule has 3 aromatic rings. The third-order valence-corrected chi connectivity index (χ3v) is 3.82. The molecule has 0 aliphatic carbocycles. The molecule has 26 heavy (non-hydrogen) atoms. The highest BCUT2D eigenvalue weighted by Crippen LogP contribution is 2.15. The molecular weight excluding hydrogens is 320 g/mol. The highest BCUT2D eigenvalue weighted by Gasteiger charge is 2.01. The molecule has 0 aliphatic rings. The summed E-state index contributed by atoms with van der Waals surface area (Å²) in [4.78, 5) is 0. The summed E-state index contributed by atoms with van der Waals surface area (Å²) in [6.45, 7) is 8.81. The second-order valence-electron chi connectivity index (χ2n) is 5.63. The lowest BCUT2D eigenvalue weighted by atomic mass is 10.1. The zero-order valence-electron chi connectivity index (χ0n) is 14.8. The van der Waals surface area contributed by atoms with Crippen molar-refractivity contribution in [2.45, 2.75) is 13.2 Å². The molecule has 0 fully saturated rings. The van der Waals surface area contributed by atoms with Crippen LogP contribution in [0.15, 0.2) is 92.0 Å². The van der Waals surface area contributed by atoms with Crippen molar-refractivity contribution in [3.63, 3.8) is 0 Å². The maximum atomic E-state index is 8.63. The van der Waals surface area contributed by atoms with Crippen LogP contribution in [0.2, 0.25) is 0 Å². The van der Waals surface area contributed by atoms with Crippen LogP contribution in [0.3, 0.4) is 0 Å². The van der Waals surface area contributed by atoms with Gasteiger partial charge in [0.15, 0.2) is 0 Å². The molecule has 3 rings (SSSR count). The van der Waals surface area contributed by atoms with Crippen LogP contribution >= 0.6 is 0 Å². The largest absolute Gasteiger partial charge is 0.508 e. The molecule has 1 N–H and O–H groups in total. The fraction of sp³-hybridized carbons (Fsp3) is 0.0833. The van der Waals surface area contributed by atoms with E-state index in [1.807, 2.05) is 54.6 Å². The second kappa shape index (κ2) is 10.7. The average molecular weight is 344 g/mol. The summed E-state index contributed by atoms with van der Waals surface area (Å²) in [6.07, 6.45) is 3.72. The first-order valence-electron chi connectivity index (χ1n) is 8.47. The molecule has 0 atom stereocenters. The smallest absolute Gasteiger partial charge is 0.115 e. The molecule has 0 saturated heterocycles. The zero-order valence-corrected chi connectivity index (χ0v) is 14.8. The lowest BCUT2D eigenvalue weighted by molar-refractivity contribution is 0.107. The summed E-state index contributed by atoms with van der Waals surface area (Å²) in [6, 6.07) is 25.0. The van der Waals surface area contributed by atoms with Gasteiger partial charge in [0, 0.05) is 0 Å². The number of aromatic hydroxyl groups is 1. The van der Waals surface area contributed by atoms with Gasteiger partial charge in [-0.1, -0.05) is 92.0 Å². The fourth-order valence-corrected chi connectivity index (χ4v) is 2.43. The molecule has 0 heterocycles. The summed E-state index contributed by atoms with van der Waals surface area (Å²) in [5.41, 5.74) is 4.57. The van der Waals surface area contributed by atoms with Crippen molar-refractivity contribution >= 4 is 12.2 Å². The topological polar surface area (TPSA) is 29.5 Å². The second-order valence-corrected chi connectivity index (χ2v) is 5.63. The molecule has 2 nitrogen and oxygen atoms in total. The molecular formula is C24H24O2. The molecule has 2 heteroatoms. The number of hydrogen-bond acceptors (Lipinski definition) is 2. The zero-order chi connectivity index (χ0) is 18.6. The maximum absolute atomic E-state index is 8.63. The van der Waals surface area contributed by atoms with Crippen molar-refractivity contribution in [1.29, 1.82) is 0 Å². The number of rotatable bonds is 6. The Kier molecular flexibility index (Phi) is 7.91. The highest BCUT2D eigenvalue weighted by molar-refractivity contribution is 5.52. The van der Waals surface area contributed by atoms with Crippen LogP contribution in [0.1, 0.15) is 22.3 Å². The number of phenols is 1.